The van der Waals surface area contributed by atoms with Crippen molar-refractivity contribution in [3.05, 3.63) is 35.4 Å². The summed E-state index contributed by atoms with van der Waals surface area (Å²) in [5, 5.41) is 10.2. The summed E-state index contributed by atoms with van der Waals surface area (Å²) < 4.78 is 32.2. The van der Waals surface area contributed by atoms with Gasteiger partial charge in [0, 0.05) is 25.6 Å². The highest BCUT2D eigenvalue weighted by molar-refractivity contribution is 5.19. The highest BCUT2D eigenvalue weighted by atomic mass is 19.1. The quantitative estimate of drug-likeness (QED) is 0.918. The molecule has 0 saturated carbocycles. The zero-order chi connectivity index (χ0) is 14.7. The van der Waals surface area contributed by atoms with Crippen LogP contribution < -0.4 is 0 Å². The predicted octanol–water partition coefficient (Wildman–Crippen LogP) is 1.98. The molecule has 2 rings (SSSR count). The minimum Gasteiger partial charge on any atom is -0.390 e. The topological polar surface area (TPSA) is 32.7 Å². The maximum Gasteiger partial charge on any atom is 0.126 e. The van der Waals surface area contributed by atoms with Crippen LogP contribution in [0.2, 0.25) is 0 Å². The number of aliphatic hydroxyl groups excluding tert-OH is 1. The molecule has 3 nitrogen and oxygen atoms in total. The molecular weight excluding hydrogens is 264 g/mol. The zero-order valence-electron chi connectivity index (χ0n) is 11.9. The van der Waals surface area contributed by atoms with Gasteiger partial charge in [0.2, 0.25) is 0 Å². The monoisotopic (exact) mass is 285 g/mol. The molecule has 1 aliphatic rings. The summed E-state index contributed by atoms with van der Waals surface area (Å²) in [7, 11) is 0. The van der Waals surface area contributed by atoms with E-state index in [2.05, 4.69) is 18.7 Å². The van der Waals surface area contributed by atoms with Crippen LogP contribution in [0.3, 0.4) is 0 Å². The molecule has 0 amide bonds. The summed E-state index contributed by atoms with van der Waals surface area (Å²) in [6, 6.07) is 3.66. The fraction of sp³-hybridized carbons (Fsp3) is 0.600. The Labute approximate surface area is 118 Å². The number of hydrogen-bond acceptors (Lipinski definition) is 3. The Bertz CT molecular complexity index is 453. The first kappa shape index (κ1) is 15.4. The molecule has 1 heterocycles. The average molecular weight is 285 g/mol. The van der Waals surface area contributed by atoms with E-state index in [-0.39, 0.29) is 18.1 Å². The molecule has 1 N–H and O–H groups in total. The van der Waals surface area contributed by atoms with Crippen LogP contribution in [0.4, 0.5) is 8.78 Å². The molecular formula is C15H21F2NO2. The number of ether oxygens (including phenoxy) is 1. The minimum atomic E-state index is -0.840. The van der Waals surface area contributed by atoms with E-state index in [1.165, 1.54) is 0 Å². The zero-order valence-corrected chi connectivity index (χ0v) is 11.9. The lowest BCUT2D eigenvalue weighted by Crippen LogP contribution is -2.50. The standard InChI is InChI=1S/C15H21F2NO2/c1-10(2)18-5-6-20-15(9-18)14(19)8-11-7-12(16)3-4-13(11)17/h3-4,7,10,14-15,19H,5-6,8-9H2,1-2H3. The van der Waals surface area contributed by atoms with Gasteiger partial charge < -0.3 is 9.84 Å². The van der Waals surface area contributed by atoms with Crippen LogP contribution in [0.15, 0.2) is 18.2 Å². The van der Waals surface area contributed by atoms with Gasteiger partial charge in [-0.15, -0.1) is 0 Å². The van der Waals surface area contributed by atoms with Crippen LogP contribution >= 0.6 is 0 Å². The second kappa shape index (κ2) is 6.61. The van der Waals surface area contributed by atoms with Crippen LogP contribution in [0, 0.1) is 11.6 Å². The number of rotatable bonds is 4. The van der Waals surface area contributed by atoms with Crippen molar-refractivity contribution in [2.45, 2.75) is 38.5 Å². The van der Waals surface area contributed by atoms with Crippen molar-refractivity contribution >= 4 is 0 Å². The molecule has 2 unspecified atom stereocenters. The van der Waals surface area contributed by atoms with E-state index in [1.807, 2.05) is 0 Å². The number of benzene rings is 1. The summed E-state index contributed by atoms with van der Waals surface area (Å²) in [6.07, 6.45) is -1.15. The third-order valence-electron chi connectivity index (χ3n) is 3.72. The third kappa shape index (κ3) is 3.75. The van der Waals surface area contributed by atoms with Gasteiger partial charge in [0.05, 0.1) is 18.8 Å². The van der Waals surface area contributed by atoms with Crippen LogP contribution in [0.1, 0.15) is 19.4 Å². The van der Waals surface area contributed by atoms with Gasteiger partial charge >= 0.3 is 0 Å². The number of halogens is 2. The van der Waals surface area contributed by atoms with Gasteiger partial charge in [-0.2, -0.15) is 0 Å². The van der Waals surface area contributed by atoms with E-state index in [4.69, 9.17) is 4.74 Å². The van der Waals surface area contributed by atoms with E-state index in [0.29, 0.717) is 19.2 Å². The van der Waals surface area contributed by atoms with Crippen molar-refractivity contribution < 1.29 is 18.6 Å². The fourth-order valence-electron chi connectivity index (χ4n) is 2.45. The second-order valence-corrected chi connectivity index (χ2v) is 5.51. The van der Waals surface area contributed by atoms with E-state index in [1.54, 1.807) is 0 Å². The number of aliphatic hydroxyl groups is 1. The lowest BCUT2D eigenvalue weighted by atomic mass is 10.0. The highest BCUT2D eigenvalue weighted by Gasteiger charge is 2.28. The average Bonchev–Trinajstić information content (AvgIpc) is 2.43. The lowest BCUT2D eigenvalue weighted by molar-refractivity contribution is -0.0942. The fourth-order valence-corrected chi connectivity index (χ4v) is 2.45. The Morgan fingerprint density at radius 2 is 2.15 bits per heavy atom. The van der Waals surface area contributed by atoms with Crippen molar-refractivity contribution in [1.82, 2.24) is 4.90 Å². The molecule has 20 heavy (non-hydrogen) atoms. The molecule has 0 spiro atoms. The van der Waals surface area contributed by atoms with Crippen molar-refractivity contribution in [1.29, 1.82) is 0 Å². The van der Waals surface area contributed by atoms with Crippen LogP contribution in [0.5, 0.6) is 0 Å². The third-order valence-corrected chi connectivity index (χ3v) is 3.72. The smallest absolute Gasteiger partial charge is 0.126 e. The molecule has 1 aromatic carbocycles. The molecule has 0 bridgehead atoms. The van der Waals surface area contributed by atoms with E-state index in [0.717, 1.165) is 24.7 Å². The molecule has 0 radical (unpaired) electrons. The SMILES string of the molecule is CC(C)N1CCOC(C(O)Cc2cc(F)ccc2F)C1. The molecule has 1 fully saturated rings. The first-order valence-electron chi connectivity index (χ1n) is 6.95. The summed E-state index contributed by atoms with van der Waals surface area (Å²) in [4.78, 5) is 2.21. The van der Waals surface area contributed by atoms with Crippen LogP contribution in [0.25, 0.3) is 0 Å². The van der Waals surface area contributed by atoms with Crippen molar-refractivity contribution in [3.63, 3.8) is 0 Å². The van der Waals surface area contributed by atoms with E-state index in [9.17, 15) is 13.9 Å². The van der Waals surface area contributed by atoms with Gasteiger partial charge in [0.25, 0.3) is 0 Å². The van der Waals surface area contributed by atoms with Gasteiger partial charge in [-0.25, -0.2) is 8.78 Å². The van der Waals surface area contributed by atoms with Gasteiger partial charge in [0.15, 0.2) is 0 Å². The number of nitrogens with zero attached hydrogens (tertiary/aromatic N) is 1. The molecule has 0 aromatic heterocycles. The molecule has 5 heteroatoms. The largest absolute Gasteiger partial charge is 0.390 e. The first-order chi connectivity index (χ1) is 9.47. The van der Waals surface area contributed by atoms with Gasteiger partial charge in [-0.3, -0.25) is 4.90 Å². The first-order valence-corrected chi connectivity index (χ1v) is 6.95. The number of hydrogen-bond donors (Lipinski definition) is 1. The molecule has 2 atom stereocenters. The van der Waals surface area contributed by atoms with E-state index < -0.39 is 17.7 Å². The Kier molecular flexibility index (Phi) is 5.07. The predicted molar refractivity (Wildman–Crippen MR) is 72.5 cm³/mol. The van der Waals surface area contributed by atoms with Crippen LogP contribution in [-0.2, 0) is 11.2 Å². The van der Waals surface area contributed by atoms with E-state index >= 15 is 0 Å². The summed E-state index contributed by atoms with van der Waals surface area (Å²) in [5.41, 5.74) is 0.183. The summed E-state index contributed by atoms with van der Waals surface area (Å²) in [6.45, 7) is 6.15. The normalized spacial score (nSPS) is 22.2. The Morgan fingerprint density at radius 1 is 1.40 bits per heavy atom. The maximum absolute atomic E-state index is 13.6. The Balaban J connectivity index is 2.00. The van der Waals surface area contributed by atoms with Crippen molar-refractivity contribution in [2.24, 2.45) is 0 Å². The minimum absolute atomic E-state index is 0.0557. The molecule has 1 aliphatic heterocycles. The lowest BCUT2D eigenvalue weighted by Gasteiger charge is -2.37. The van der Waals surface area contributed by atoms with Crippen molar-refractivity contribution in [3.8, 4) is 0 Å². The van der Waals surface area contributed by atoms with Gasteiger partial charge in [-0.05, 0) is 37.6 Å². The summed E-state index contributed by atoms with van der Waals surface area (Å²) >= 11 is 0. The highest BCUT2D eigenvalue weighted by Crippen LogP contribution is 2.17. The maximum atomic E-state index is 13.6. The van der Waals surface area contributed by atoms with Gasteiger partial charge in [0.1, 0.15) is 11.6 Å². The molecule has 0 aliphatic carbocycles. The van der Waals surface area contributed by atoms with Gasteiger partial charge in [-0.1, -0.05) is 0 Å². The van der Waals surface area contributed by atoms with Crippen molar-refractivity contribution in [2.75, 3.05) is 19.7 Å². The Hall–Kier alpha value is -1.04. The molecule has 1 aromatic rings. The Morgan fingerprint density at radius 3 is 2.85 bits per heavy atom. The molecule has 112 valence electrons. The number of morpholine rings is 1. The summed E-state index contributed by atoms with van der Waals surface area (Å²) in [5.74, 6) is -0.996. The van der Waals surface area contributed by atoms with Crippen LogP contribution in [-0.4, -0.2) is 48.0 Å². The second-order valence-electron chi connectivity index (χ2n) is 5.51. The molecule has 1 saturated heterocycles.